The molecule has 7 heteroatoms. The molecule has 190 valence electrons. The molecule has 0 bridgehead atoms. The van der Waals surface area contributed by atoms with Gasteiger partial charge in [-0.3, -0.25) is 0 Å². The van der Waals surface area contributed by atoms with Gasteiger partial charge in [-0.25, -0.2) is 0 Å². The van der Waals surface area contributed by atoms with Gasteiger partial charge in [0.25, 0.3) is 0 Å². The third-order valence-corrected chi connectivity index (χ3v) is 6.02. The highest BCUT2D eigenvalue weighted by molar-refractivity contribution is 5.48. The molecule has 0 radical (unpaired) electrons. The molecule has 1 heterocycles. The number of hydrogen-bond donors (Lipinski definition) is 5. The van der Waals surface area contributed by atoms with Crippen molar-refractivity contribution in [3.63, 3.8) is 0 Å². The number of ether oxygens (including phenoxy) is 2. The molecule has 1 fully saturated rings. The van der Waals surface area contributed by atoms with Gasteiger partial charge in [-0.1, -0.05) is 29.4 Å². The summed E-state index contributed by atoms with van der Waals surface area (Å²) in [4.78, 5) is 0. The summed E-state index contributed by atoms with van der Waals surface area (Å²) >= 11 is 0. The molecule has 0 aromatic heterocycles. The van der Waals surface area contributed by atoms with E-state index in [4.69, 9.17) is 9.47 Å². The second kappa shape index (κ2) is 13.7. The Morgan fingerprint density at radius 3 is 2.47 bits per heavy atom. The van der Waals surface area contributed by atoms with Crippen LogP contribution in [-0.4, -0.2) is 56.9 Å². The van der Waals surface area contributed by atoms with Crippen molar-refractivity contribution in [3.05, 3.63) is 59.2 Å². The summed E-state index contributed by atoms with van der Waals surface area (Å²) in [6, 6.07) is 3.53. The van der Waals surface area contributed by atoms with Crippen molar-refractivity contribution < 1.29 is 35.0 Å². The van der Waals surface area contributed by atoms with Gasteiger partial charge in [0, 0.05) is 5.56 Å². The van der Waals surface area contributed by atoms with Crippen molar-refractivity contribution in [2.75, 3.05) is 6.61 Å². The molecule has 2 rings (SSSR count). The molecule has 1 aromatic rings. The standard InChI is InChI=1S/C27H40O7/c1-5-6-7-11-19-14-22(29)20(13-12-18(4)10-8-9-17(2)3)23(15-19)33-27-21(16-28)24(30)25(31)26(32)34-27/h5,9,12,14-15,21,24-32H,1,6-8,10-11,13,16H2,2-4H3/b18-12+/t21-,24-,25+,26+,27?/m1/s1. The van der Waals surface area contributed by atoms with E-state index in [1.54, 1.807) is 6.07 Å². The van der Waals surface area contributed by atoms with Gasteiger partial charge in [-0.05, 0) is 77.0 Å². The Labute approximate surface area is 202 Å². The van der Waals surface area contributed by atoms with Crippen molar-refractivity contribution >= 4 is 0 Å². The van der Waals surface area contributed by atoms with Crippen molar-refractivity contribution in [2.45, 2.75) is 84.1 Å². The summed E-state index contributed by atoms with van der Waals surface area (Å²) in [7, 11) is 0. The molecule has 1 aromatic carbocycles. The van der Waals surface area contributed by atoms with E-state index in [-0.39, 0.29) is 5.75 Å². The maximum absolute atomic E-state index is 10.8. The molecule has 7 nitrogen and oxygen atoms in total. The lowest BCUT2D eigenvalue weighted by molar-refractivity contribution is -0.312. The summed E-state index contributed by atoms with van der Waals surface area (Å²) in [5.41, 5.74) is 3.85. The number of phenolic OH excluding ortho intramolecular Hbond substituents is 1. The molecule has 1 aliphatic rings. The van der Waals surface area contributed by atoms with Crippen LogP contribution < -0.4 is 4.74 Å². The highest BCUT2D eigenvalue weighted by Crippen LogP contribution is 2.35. The molecule has 0 spiro atoms. The highest BCUT2D eigenvalue weighted by atomic mass is 16.7. The number of allylic oxidation sites excluding steroid dienone is 5. The maximum Gasteiger partial charge on any atom is 0.210 e. The predicted molar refractivity (Wildman–Crippen MR) is 131 cm³/mol. The fourth-order valence-electron chi connectivity index (χ4n) is 3.89. The molecule has 1 aliphatic heterocycles. The summed E-state index contributed by atoms with van der Waals surface area (Å²) in [6.45, 7) is 9.40. The van der Waals surface area contributed by atoms with E-state index < -0.39 is 37.3 Å². The molecule has 1 unspecified atom stereocenters. The molecular weight excluding hydrogens is 436 g/mol. The molecule has 0 amide bonds. The quantitative estimate of drug-likeness (QED) is 0.231. The minimum absolute atomic E-state index is 0.0805. The third kappa shape index (κ3) is 7.96. The maximum atomic E-state index is 10.8. The smallest absolute Gasteiger partial charge is 0.210 e. The Bertz CT molecular complexity index is 857. The van der Waals surface area contributed by atoms with Gasteiger partial charge in [-0.2, -0.15) is 0 Å². The molecule has 5 N–H and O–H groups in total. The molecule has 5 atom stereocenters. The average Bonchev–Trinajstić information content (AvgIpc) is 2.77. The van der Waals surface area contributed by atoms with Gasteiger partial charge < -0.3 is 35.0 Å². The van der Waals surface area contributed by atoms with E-state index in [0.29, 0.717) is 24.2 Å². The van der Waals surface area contributed by atoms with Gasteiger partial charge in [0.2, 0.25) is 6.29 Å². The summed E-state index contributed by atoms with van der Waals surface area (Å²) < 4.78 is 11.4. The first-order valence-electron chi connectivity index (χ1n) is 11.9. The van der Waals surface area contributed by atoms with E-state index in [2.05, 4.69) is 26.5 Å². The number of unbranched alkanes of at least 4 members (excludes halogenated alkanes) is 1. The lowest BCUT2D eigenvalue weighted by Gasteiger charge is -2.40. The fraction of sp³-hybridized carbons (Fsp3) is 0.556. The van der Waals surface area contributed by atoms with E-state index in [9.17, 15) is 25.5 Å². The zero-order valence-corrected chi connectivity index (χ0v) is 20.5. The van der Waals surface area contributed by atoms with E-state index in [0.717, 1.165) is 31.2 Å². The number of rotatable bonds is 12. The van der Waals surface area contributed by atoms with Gasteiger partial charge in [0.05, 0.1) is 18.6 Å². The number of aryl methyl sites for hydroxylation is 1. The average molecular weight is 477 g/mol. The van der Waals surface area contributed by atoms with E-state index in [1.807, 2.05) is 25.1 Å². The van der Waals surface area contributed by atoms with Gasteiger partial charge in [0.15, 0.2) is 6.29 Å². The van der Waals surface area contributed by atoms with Crippen LogP contribution in [0.25, 0.3) is 0 Å². The molecule has 0 aliphatic carbocycles. The zero-order chi connectivity index (χ0) is 25.3. The first-order chi connectivity index (χ1) is 16.2. The normalized spacial score (nSPS) is 25.1. The van der Waals surface area contributed by atoms with Crippen LogP contribution in [0.15, 0.2) is 48.1 Å². The number of aliphatic hydroxyl groups excluding tert-OH is 4. The number of phenols is 1. The zero-order valence-electron chi connectivity index (χ0n) is 20.5. The Balaban J connectivity index is 2.32. The van der Waals surface area contributed by atoms with Crippen LogP contribution in [0.3, 0.4) is 0 Å². The van der Waals surface area contributed by atoms with Gasteiger partial charge in [-0.15, -0.1) is 6.58 Å². The molecular formula is C27H40O7. The van der Waals surface area contributed by atoms with Crippen LogP contribution in [0.4, 0.5) is 0 Å². The minimum atomic E-state index is -1.66. The van der Waals surface area contributed by atoms with E-state index >= 15 is 0 Å². The number of aliphatic hydroxyl groups is 4. The van der Waals surface area contributed by atoms with Crippen molar-refractivity contribution in [3.8, 4) is 11.5 Å². The van der Waals surface area contributed by atoms with E-state index in [1.165, 1.54) is 11.1 Å². The number of hydrogen-bond acceptors (Lipinski definition) is 7. The lowest BCUT2D eigenvalue weighted by Crippen LogP contribution is -2.57. The van der Waals surface area contributed by atoms with Crippen LogP contribution >= 0.6 is 0 Å². The Morgan fingerprint density at radius 1 is 1.09 bits per heavy atom. The minimum Gasteiger partial charge on any atom is -0.508 e. The second-order valence-corrected chi connectivity index (χ2v) is 9.19. The number of aromatic hydroxyl groups is 1. The first-order valence-corrected chi connectivity index (χ1v) is 11.9. The molecule has 1 saturated heterocycles. The third-order valence-electron chi connectivity index (χ3n) is 6.02. The summed E-state index contributed by atoms with van der Waals surface area (Å²) in [5, 5.41) is 50.7. The van der Waals surface area contributed by atoms with Crippen LogP contribution in [0, 0.1) is 5.92 Å². The predicted octanol–water partition coefficient (Wildman–Crippen LogP) is 3.52. The van der Waals surface area contributed by atoms with Crippen molar-refractivity contribution in [2.24, 2.45) is 5.92 Å². The van der Waals surface area contributed by atoms with Crippen LogP contribution in [0.5, 0.6) is 11.5 Å². The fourth-order valence-corrected chi connectivity index (χ4v) is 3.89. The van der Waals surface area contributed by atoms with Gasteiger partial charge >= 0.3 is 0 Å². The van der Waals surface area contributed by atoms with Crippen LogP contribution in [0.1, 0.15) is 57.6 Å². The largest absolute Gasteiger partial charge is 0.508 e. The second-order valence-electron chi connectivity index (χ2n) is 9.19. The summed E-state index contributed by atoms with van der Waals surface area (Å²) in [5.74, 6) is -0.544. The lowest BCUT2D eigenvalue weighted by atomic mass is 9.94. The van der Waals surface area contributed by atoms with Gasteiger partial charge in [0.1, 0.15) is 17.6 Å². The van der Waals surface area contributed by atoms with Crippen molar-refractivity contribution in [1.82, 2.24) is 0 Å². The first kappa shape index (κ1) is 28.1. The Morgan fingerprint density at radius 2 is 1.82 bits per heavy atom. The highest BCUT2D eigenvalue weighted by Gasteiger charge is 2.45. The molecule has 0 saturated carbocycles. The Hall–Kier alpha value is -2.16. The van der Waals surface area contributed by atoms with Crippen LogP contribution in [-0.2, 0) is 17.6 Å². The van der Waals surface area contributed by atoms with Crippen LogP contribution in [0.2, 0.25) is 0 Å². The Kier molecular flexibility index (Phi) is 11.3. The monoisotopic (exact) mass is 476 g/mol. The topological polar surface area (TPSA) is 120 Å². The number of benzene rings is 1. The molecule has 34 heavy (non-hydrogen) atoms. The summed E-state index contributed by atoms with van der Waals surface area (Å²) in [6.07, 6.45) is 4.86. The van der Waals surface area contributed by atoms with Crippen molar-refractivity contribution in [1.29, 1.82) is 0 Å². The SMILES string of the molecule is C=CCCCc1cc(O)c(C/C=C(\C)CCC=C(C)C)c(OC2O[C@H](O)[C@@H](O)[C@H](O)[C@H]2CO)c1.